The zero-order valence-corrected chi connectivity index (χ0v) is 15.9. The Morgan fingerprint density at radius 1 is 1.11 bits per heavy atom. The van der Waals surface area contributed by atoms with Crippen LogP contribution in [0.5, 0.6) is 0 Å². The van der Waals surface area contributed by atoms with Crippen LogP contribution in [0.2, 0.25) is 0 Å². The molecule has 7 nitrogen and oxygen atoms in total. The number of rotatable bonds is 5. The van der Waals surface area contributed by atoms with E-state index >= 15 is 0 Å². The van der Waals surface area contributed by atoms with Crippen molar-refractivity contribution in [3.63, 3.8) is 0 Å². The first-order valence-electron chi connectivity index (χ1n) is 8.23. The van der Waals surface area contributed by atoms with Crippen LogP contribution < -0.4 is 5.32 Å². The number of carbonyl (C=O) groups is 2. The molecule has 0 saturated carbocycles. The third kappa shape index (κ3) is 4.52. The maximum absolute atomic E-state index is 13.3. The van der Waals surface area contributed by atoms with Gasteiger partial charge in [0.1, 0.15) is 5.82 Å². The summed E-state index contributed by atoms with van der Waals surface area (Å²) in [4.78, 5) is 26.0. The van der Waals surface area contributed by atoms with Crippen molar-refractivity contribution in [2.45, 2.75) is 4.90 Å². The number of thiophene rings is 1. The van der Waals surface area contributed by atoms with Gasteiger partial charge in [0, 0.05) is 26.2 Å². The topological polar surface area (TPSA) is 86.8 Å². The summed E-state index contributed by atoms with van der Waals surface area (Å²) in [6.07, 6.45) is 0. The van der Waals surface area contributed by atoms with Gasteiger partial charge in [0.2, 0.25) is 15.9 Å². The maximum Gasteiger partial charge on any atom is 0.261 e. The van der Waals surface area contributed by atoms with Gasteiger partial charge in [0.15, 0.2) is 0 Å². The molecule has 1 fully saturated rings. The molecule has 1 N–H and O–H groups in total. The molecule has 0 bridgehead atoms. The summed E-state index contributed by atoms with van der Waals surface area (Å²) in [6.45, 7) is 0.505. The van der Waals surface area contributed by atoms with Crippen LogP contribution in [-0.2, 0) is 14.8 Å². The number of halogens is 1. The van der Waals surface area contributed by atoms with Crippen LogP contribution in [0.15, 0.2) is 46.7 Å². The smallest absolute Gasteiger partial charge is 0.261 e. The number of benzene rings is 1. The normalized spacial score (nSPS) is 15.5. The molecule has 1 saturated heterocycles. The molecule has 0 aliphatic carbocycles. The molecule has 0 radical (unpaired) electrons. The third-order valence-corrected chi connectivity index (χ3v) is 6.93. The van der Waals surface area contributed by atoms with Crippen molar-refractivity contribution in [3.8, 4) is 0 Å². The van der Waals surface area contributed by atoms with Gasteiger partial charge < -0.3 is 10.2 Å². The minimum Gasteiger partial charge on any atom is -0.342 e. The van der Waals surface area contributed by atoms with Crippen LogP contribution in [-0.4, -0.2) is 62.2 Å². The summed E-state index contributed by atoms with van der Waals surface area (Å²) in [5.41, 5.74) is 0. The van der Waals surface area contributed by atoms with Gasteiger partial charge in [0.05, 0.1) is 16.3 Å². The first kappa shape index (κ1) is 19.5. The first-order valence-corrected chi connectivity index (χ1v) is 10.5. The van der Waals surface area contributed by atoms with E-state index in [2.05, 4.69) is 5.32 Å². The molecule has 2 aromatic rings. The van der Waals surface area contributed by atoms with Gasteiger partial charge in [-0.2, -0.15) is 4.31 Å². The van der Waals surface area contributed by atoms with Crippen LogP contribution in [0.1, 0.15) is 9.67 Å². The zero-order valence-electron chi connectivity index (χ0n) is 14.3. The van der Waals surface area contributed by atoms with Gasteiger partial charge in [-0.1, -0.05) is 12.1 Å². The highest BCUT2D eigenvalue weighted by Gasteiger charge is 2.30. The molecule has 144 valence electrons. The summed E-state index contributed by atoms with van der Waals surface area (Å²) in [7, 11) is -3.80. The fraction of sp³-hybridized carbons (Fsp3) is 0.294. The average Bonchev–Trinajstić information content (AvgIpc) is 3.21. The lowest BCUT2D eigenvalue weighted by molar-refractivity contribution is -0.131. The van der Waals surface area contributed by atoms with Crippen molar-refractivity contribution < 1.29 is 22.4 Å². The quantitative estimate of drug-likeness (QED) is 0.800. The van der Waals surface area contributed by atoms with E-state index < -0.39 is 15.8 Å². The minimum atomic E-state index is -3.80. The van der Waals surface area contributed by atoms with Crippen molar-refractivity contribution in [2.75, 3.05) is 32.7 Å². The standard InChI is InChI=1S/C17H18FN3O4S2/c18-13-3-1-4-14(11-13)27(24,25)21-8-6-20(7-9-21)16(22)12-19-17(23)15-5-2-10-26-15/h1-5,10-11H,6-9,12H2,(H,19,23). The molecular weight excluding hydrogens is 393 g/mol. The molecule has 1 aromatic carbocycles. The van der Waals surface area contributed by atoms with Gasteiger partial charge in [-0.3, -0.25) is 9.59 Å². The Hall–Kier alpha value is -2.30. The van der Waals surface area contributed by atoms with Crippen molar-refractivity contribution in [2.24, 2.45) is 0 Å². The van der Waals surface area contributed by atoms with Crippen molar-refractivity contribution in [3.05, 3.63) is 52.5 Å². The highest BCUT2D eigenvalue weighted by atomic mass is 32.2. The second-order valence-electron chi connectivity index (χ2n) is 5.90. The Balaban J connectivity index is 1.54. The van der Waals surface area contributed by atoms with Crippen LogP contribution in [0, 0.1) is 5.82 Å². The van der Waals surface area contributed by atoms with Crippen LogP contribution >= 0.6 is 11.3 Å². The number of nitrogens with zero attached hydrogens (tertiary/aromatic N) is 2. The number of piperazine rings is 1. The predicted molar refractivity (Wildman–Crippen MR) is 98.4 cm³/mol. The first-order chi connectivity index (χ1) is 12.9. The summed E-state index contributed by atoms with van der Waals surface area (Å²) in [5.74, 6) is -1.21. The fourth-order valence-corrected chi connectivity index (χ4v) is 4.81. The summed E-state index contributed by atoms with van der Waals surface area (Å²) < 4.78 is 39.7. The van der Waals surface area contributed by atoms with E-state index in [0.717, 1.165) is 6.07 Å². The molecule has 2 amide bonds. The number of hydrogen-bond acceptors (Lipinski definition) is 5. The summed E-state index contributed by atoms with van der Waals surface area (Å²) >= 11 is 1.28. The fourth-order valence-electron chi connectivity index (χ4n) is 2.72. The lowest BCUT2D eigenvalue weighted by Crippen LogP contribution is -2.52. The van der Waals surface area contributed by atoms with E-state index in [1.54, 1.807) is 17.5 Å². The maximum atomic E-state index is 13.3. The lowest BCUT2D eigenvalue weighted by atomic mass is 10.3. The van der Waals surface area contributed by atoms with E-state index in [0.29, 0.717) is 4.88 Å². The van der Waals surface area contributed by atoms with Crippen molar-refractivity contribution in [1.29, 1.82) is 0 Å². The van der Waals surface area contributed by atoms with E-state index in [1.165, 1.54) is 38.7 Å². The molecule has 10 heteroatoms. The minimum absolute atomic E-state index is 0.106. The van der Waals surface area contributed by atoms with Gasteiger partial charge in [-0.25, -0.2) is 12.8 Å². The van der Waals surface area contributed by atoms with E-state index in [4.69, 9.17) is 0 Å². The van der Waals surface area contributed by atoms with Crippen LogP contribution in [0.4, 0.5) is 4.39 Å². The van der Waals surface area contributed by atoms with Gasteiger partial charge in [-0.05, 0) is 29.6 Å². The summed E-state index contributed by atoms with van der Waals surface area (Å²) in [6, 6.07) is 8.27. The number of nitrogens with one attached hydrogen (secondary N) is 1. The van der Waals surface area contributed by atoms with Crippen LogP contribution in [0.3, 0.4) is 0 Å². The molecule has 0 atom stereocenters. The molecule has 27 heavy (non-hydrogen) atoms. The van der Waals surface area contributed by atoms with E-state index in [-0.39, 0.29) is 49.4 Å². The zero-order chi connectivity index (χ0) is 19.4. The van der Waals surface area contributed by atoms with Crippen molar-refractivity contribution in [1.82, 2.24) is 14.5 Å². The third-order valence-electron chi connectivity index (χ3n) is 4.17. The average molecular weight is 411 g/mol. The number of sulfonamides is 1. The molecule has 3 rings (SSSR count). The predicted octanol–water partition coefficient (Wildman–Crippen LogP) is 1.15. The van der Waals surface area contributed by atoms with E-state index in [9.17, 15) is 22.4 Å². The molecule has 0 spiro atoms. The SMILES string of the molecule is O=C(NCC(=O)N1CCN(S(=O)(=O)c2cccc(F)c2)CC1)c1cccs1. The van der Waals surface area contributed by atoms with Gasteiger partial charge in [0.25, 0.3) is 5.91 Å². The van der Waals surface area contributed by atoms with Gasteiger partial charge >= 0.3 is 0 Å². The summed E-state index contributed by atoms with van der Waals surface area (Å²) in [5, 5.41) is 4.34. The molecule has 1 aliphatic heterocycles. The molecule has 2 heterocycles. The Bertz CT molecular complexity index is 923. The Morgan fingerprint density at radius 3 is 2.48 bits per heavy atom. The van der Waals surface area contributed by atoms with Gasteiger partial charge in [-0.15, -0.1) is 11.3 Å². The molecule has 1 aliphatic rings. The van der Waals surface area contributed by atoms with Crippen molar-refractivity contribution >= 4 is 33.2 Å². The highest BCUT2D eigenvalue weighted by molar-refractivity contribution is 7.89. The van der Waals surface area contributed by atoms with E-state index in [1.807, 2.05) is 0 Å². The second kappa shape index (κ2) is 8.15. The Labute approximate surface area is 160 Å². The number of amides is 2. The highest BCUT2D eigenvalue weighted by Crippen LogP contribution is 2.18. The Kier molecular flexibility index (Phi) is 5.88. The largest absolute Gasteiger partial charge is 0.342 e. The second-order valence-corrected chi connectivity index (χ2v) is 8.79. The number of carbonyl (C=O) groups excluding carboxylic acids is 2. The molecule has 1 aromatic heterocycles. The lowest BCUT2D eigenvalue weighted by Gasteiger charge is -2.34. The molecular formula is C17H18FN3O4S2. The van der Waals surface area contributed by atoms with Crippen LogP contribution in [0.25, 0.3) is 0 Å². The monoisotopic (exact) mass is 411 g/mol. The Morgan fingerprint density at radius 2 is 1.85 bits per heavy atom. The molecule has 0 unspecified atom stereocenters. The number of hydrogen-bond donors (Lipinski definition) is 1.